The molecule has 0 bridgehead atoms. The number of fused-ring (bicyclic) bond motifs is 1. The van der Waals surface area contributed by atoms with Gasteiger partial charge in [0.05, 0.1) is 23.6 Å². The van der Waals surface area contributed by atoms with Gasteiger partial charge in [0.25, 0.3) is 0 Å². The Hall–Kier alpha value is -3.35. The molecule has 0 spiro atoms. The van der Waals surface area contributed by atoms with Crippen LogP contribution in [0.3, 0.4) is 0 Å². The van der Waals surface area contributed by atoms with Gasteiger partial charge in [-0.1, -0.05) is 0 Å². The maximum Gasteiger partial charge on any atom is 0.151 e. The third-order valence-corrected chi connectivity index (χ3v) is 4.94. The maximum atomic E-state index is 14.3. The second-order valence-corrected chi connectivity index (χ2v) is 7.23. The van der Waals surface area contributed by atoms with Gasteiger partial charge in [-0.15, -0.1) is 0 Å². The van der Waals surface area contributed by atoms with Crippen molar-refractivity contribution >= 4 is 22.4 Å². The third-order valence-electron chi connectivity index (χ3n) is 4.94. The van der Waals surface area contributed by atoms with Gasteiger partial charge in [-0.3, -0.25) is 14.6 Å². The van der Waals surface area contributed by atoms with Crippen molar-refractivity contribution in [1.82, 2.24) is 24.7 Å². The van der Waals surface area contributed by atoms with Gasteiger partial charge in [-0.2, -0.15) is 5.10 Å². The van der Waals surface area contributed by atoms with Gasteiger partial charge < -0.3 is 5.32 Å². The third kappa shape index (κ3) is 2.98. The van der Waals surface area contributed by atoms with Crippen LogP contribution in [-0.4, -0.2) is 24.7 Å². The van der Waals surface area contributed by atoms with Crippen LogP contribution in [0.15, 0.2) is 42.9 Å². The van der Waals surface area contributed by atoms with Crippen molar-refractivity contribution in [1.29, 1.82) is 0 Å². The normalized spacial score (nSPS) is 13.8. The molecule has 4 heterocycles. The number of aryl methyl sites for hydroxylation is 2. The first kappa shape index (κ1) is 16.8. The van der Waals surface area contributed by atoms with E-state index in [0.717, 1.165) is 33.7 Å². The molecule has 1 aliphatic carbocycles. The molecular formula is C21H19FN6. The molecule has 7 heteroatoms. The first-order chi connectivity index (χ1) is 13.6. The Balaban J connectivity index is 1.55. The summed E-state index contributed by atoms with van der Waals surface area (Å²) < 4.78 is 16.3. The van der Waals surface area contributed by atoms with Crippen LogP contribution in [0.25, 0.3) is 22.4 Å². The Labute approximate surface area is 161 Å². The Morgan fingerprint density at radius 1 is 1.11 bits per heavy atom. The van der Waals surface area contributed by atoms with E-state index in [2.05, 4.69) is 20.3 Å². The lowest BCUT2D eigenvalue weighted by Gasteiger charge is -2.12. The zero-order chi connectivity index (χ0) is 19.3. The van der Waals surface area contributed by atoms with Gasteiger partial charge in [0.15, 0.2) is 5.82 Å². The number of halogens is 1. The number of aromatic nitrogens is 5. The Morgan fingerprint density at radius 3 is 2.79 bits per heavy atom. The lowest BCUT2D eigenvalue weighted by atomic mass is 10.1. The van der Waals surface area contributed by atoms with Gasteiger partial charge in [-0.25, -0.2) is 9.37 Å². The molecular weight excluding hydrogens is 355 g/mol. The SMILES string of the molecule is Cc1ccc(F)c(-c2cc(Nc3ccnc4cn(C5CC5)nc34)c(C)cn2)n1. The quantitative estimate of drug-likeness (QED) is 0.560. The highest BCUT2D eigenvalue weighted by atomic mass is 19.1. The minimum atomic E-state index is -0.387. The zero-order valence-electron chi connectivity index (χ0n) is 15.6. The van der Waals surface area contributed by atoms with Crippen molar-refractivity contribution < 1.29 is 4.39 Å². The maximum absolute atomic E-state index is 14.3. The summed E-state index contributed by atoms with van der Waals surface area (Å²) in [5.74, 6) is -0.387. The van der Waals surface area contributed by atoms with Crippen LogP contribution in [0.4, 0.5) is 15.8 Å². The fraction of sp³-hybridized carbons (Fsp3) is 0.238. The highest BCUT2D eigenvalue weighted by Gasteiger charge is 2.25. The summed E-state index contributed by atoms with van der Waals surface area (Å²) >= 11 is 0. The summed E-state index contributed by atoms with van der Waals surface area (Å²) in [6.45, 7) is 3.79. The smallest absolute Gasteiger partial charge is 0.151 e. The van der Waals surface area contributed by atoms with E-state index in [9.17, 15) is 4.39 Å². The summed E-state index contributed by atoms with van der Waals surface area (Å²) in [4.78, 5) is 13.1. The minimum absolute atomic E-state index is 0.251. The molecule has 1 saturated carbocycles. The number of hydrogen-bond donors (Lipinski definition) is 1. The Morgan fingerprint density at radius 2 is 1.96 bits per heavy atom. The second kappa shape index (κ2) is 6.37. The van der Waals surface area contributed by atoms with E-state index in [1.807, 2.05) is 36.9 Å². The van der Waals surface area contributed by atoms with Crippen LogP contribution in [0, 0.1) is 19.7 Å². The Kier molecular flexibility index (Phi) is 3.82. The van der Waals surface area contributed by atoms with E-state index < -0.39 is 0 Å². The topological polar surface area (TPSA) is 68.5 Å². The van der Waals surface area contributed by atoms with Crippen molar-refractivity contribution in [3.8, 4) is 11.4 Å². The van der Waals surface area contributed by atoms with Crippen molar-refractivity contribution in [3.63, 3.8) is 0 Å². The van der Waals surface area contributed by atoms with E-state index in [1.165, 1.54) is 18.9 Å². The molecule has 1 aliphatic rings. The summed E-state index contributed by atoms with van der Waals surface area (Å²) in [5.41, 5.74) is 5.81. The number of anilines is 2. The molecule has 4 aromatic rings. The van der Waals surface area contributed by atoms with E-state index in [1.54, 1.807) is 18.5 Å². The van der Waals surface area contributed by atoms with Crippen LogP contribution >= 0.6 is 0 Å². The fourth-order valence-corrected chi connectivity index (χ4v) is 3.22. The van der Waals surface area contributed by atoms with Crippen molar-refractivity contribution in [3.05, 3.63) is 59.9 Å². The summed E-state index contributed by atoms with van der Waals surface area (Å²) in [7, 11) is 0. The van der Waals surface area contributed by atoms with Crippen LogP contribution in [0.5, 0.6) is 0 Å². The van der Waals surface area contributed by atoms with Crippen molar-refractivity contribution in [2.24, 2.45) is 0 Å². The standard InChI is InChI=1S/C21H19FN6/c1-12-10-24-18(20-15(22)6-3-13(2)25-20)9-17(12)26-16-7-8-23-19-11-28(14-4-5-14)27-21(16)19/h3,6-11,14H,4-5H2,1-2H3,(H,24,26). The predicted octanol–water partition coefficient (Wildman–Crippen LogP) is 4.72. The molecule has 0 unspecified atom stereocenters. The molecule has 0 saturated heterocycles. The molecule has 0 atom stereocenters. The van der Waals surface area contributed by atoms with Gasteiger partial charge in [0, 0.05) is 23.8 Å². The molecule has 140 valence electrons. The molecule has 0 aromatic carbocycles. The molecule has 6 nitrogen and oxygen atoms in total. The molecule has 1 fully saturated rings. The first-order valence-electron chi connectivity index (χ1n) is 9.29. The van der Waals surface area contributed by atoms with Gasteiger partial charge in [0.2, 0.25) is 0 Å². The fourth-order valence-electron chi connectivity index (χ4n) is 3.22. The van der Waals surface area contributed by atoms with Crippen LogP contribution in [0.1, 0.15) is 30.1 Å². The number of rotatable bonds is 4. The second-order valence-electron chi connectivity index (χ2n) is 7.23. The molecule has 0 aliphatic heterocycles. The van der Waals surface area contributed by atoms with Gasteiger partial charge in [-0.05, 0) is 56.5 Å². The largest absolute Gasteiger partial charge is 0.353 e. The number of pyridine rings is 3. The summed E-state index contributed by atoms with van der Waals surface area (Å²) in [6, 6.07) is 7.29. The van der Waals surface area contributed by atoms with E-state index in [0.29, 0.717) is 11.7 Å². The first-order valence-corrected chi connectivity index (χ1v) is 9.29. The Bertz CT molecular complexity index is 1190. The average molecular weight is 374 g/mol. The molecule has 5 rings (SSSR count). The molecule has 0 amide bonds. The molecule has 4 aromatic heterocycles. The van der Waals surface area contributed by atoms with Crippen LogP contribution < -0.4 is 5.32 Å². The van der Waals surface area contributed by atoms with E-state index >= 15 is 0 Å². The number of nitrogens with one attached hydrogen (secondary N) is 1. The molecule has 28 heavy (non-hydrogen) atoms. The minimum Gasteiger partial charge on any atom is -0.353 e. The predicted molar refractivity (Wildman–Crippen MR) is 106 cm³/mol. The lowest BCUT2D eigenvalue weighted by Crippen LogP contribution is -1.99. The summed E-state index contributed by atoms with van der Waals surface area (Å²) in [5, 5.41) is 8.14. The van der Waals surface area contributed by atoms with Crippen molar-refractivity contribution in [2.75, 3.05) is 5.32 Å². The van der Waals surface area contributed by atoms with E-state index in [-0.39, 0.29) is 11.5 Å². The average Bonchev–Trinajstić information content (AvgIpc) is 3.44. The van der Waals surface area contributed by atoms with E-state index in [4.69, 9.17) is 5.10 Å². The highest BCUT2D eigenvalue weighted by Crippen LogP contribution is 2.36. The zero-order valence-corrected chi connectivity index (χ0v) is 15.6. The number of nitrogens with zero attached hydrogens (tertiary/aromatic N) is 5. The summed E-state index contributed by atoms with van der Waals surface area (Å²) in [6.07, 6.45) is 7.82. The number of hydrogen-bond acceptors (Lipinski definition) is 5. The van der Waals surface area contributed by atoms with Crippen LogP contribution in [-0.2, 0) is 0 Å². The monoisotopic (exact) mass is 374 g/mol. The van der Waals surface area contributed by atoms with Gasteiger partial charge >= 0.3 is 0 Å². The van der Waals surface area contributed by atoms with Crippen LogP contribution in [0.2, 0.25) is 0 Å². The molecule has 0 radical (unpaired) electrons. The van der Waals surface area contributed by atoms with Crippen molar-refractivity contribution in [2.45, 2.75) is 32.7 Å². The highest BCUT2D eigenvalue weighted by molar-refractivity contribution is 5.89. The van der Waals surface area contributed by atoms with Gasteiger partial charge in [0.1, 0.15) is 16.7 Å². The molecule has 1 N–H and O–H groups in total. The lowest BCUT2D eigenvalue weighted by molar-refractivity contribution is 0.624.